The second-order valence-corrected chi connectivity index (χ2v) is 5.75. The normalized spacial score (nSPS) is 10.1. The topological polar surface area (TPSA) is 108 Å². The smallest absolute Gasteiger partial charge is 0.344 e. The van der Waals surface area contributed by atoms with Crippen LogP contribution in [0.2, 0.25) is 5.02 Å². The number of rotatable bonds is 7. The van der Waals surface area contributed by atoms with Crippen LogP contribution in [0.25, 0.3) is 0 Å². The highest BCUT2D eigenvalue weighted by Gasteiger charge is 2.13. The molecule has 0 bridgehead atoms. The Bertz CT molecular complexity index is 838. The highest BCUT2D eigenvalue weighted by atomic mass is 35.5. The molecular weight excluding hydrogens is 360 g/mol. The Balaban J connectivity index is 1.81. The monoisotopic (exact) mass is 376 g/mol. The first-order valence-corrected chi connectivity index (χ1v) is 7.98. The highest BCUT2D eigenvalue weighted by molar-refractivity contribution is 6.30. The number of benzene rings is 2. The average Bonchev–Trinajstić information content (AvgIpc) is 2.60. The highest BCUT2D eigenvalue weighted by Crippen LogP contribution is 2.19. The molecule has 136 valence electrons. The Hall–Kier alpha value is -3.06. The molecule has 7 nitrogen and oxygen atoms in total. The lowest BCUT2D eigenvalue weighted by Crippen LogP contribution is -2.24. The van der Waals surface area contributed by atoms with Gasteiger partial charge >= 0.3 is 5.97 Å². The van der Waals surface area contributed by atoms with Crippen LogP contribution >= 0.6 is 11.6 Å². The molecule has 0 spiro atoms. The molecule has 0 aliphatic heterocycles. The van der Waals surface area contributed by atoms with Crippen molar-refractivity contribution in [3.63, 3.8) is 0 Å². The van der Waals surface area contributed by atoms with Gasteiger partial charge in [0.2, 0.25) is 0 Å². The Labute approximate surface area is 155 Å². The molecule has 0 saturated carbocycles. The molecule has 0 heterocycles. The number of ether oxygens (including phenoxy) is 2. The lowest BCUT2D eigenvalue weighted by molar-refractivity contribution is -0.149. The molecule has 2 rings (SSSR count). The van der Waals surface area contributed by atoms with E-state index in [0.717, 1.165) is 5.56 Å². The van der Waals surface area contributed by atoms with Gasteiger partial charge in [-0.2, -0.15) is 0 Å². The first kappa shape index (κ1) is 19.3. The minimum Gasteiger partial charge on any atom is -0.481 e. The average molecular weight is 377 g/mol. The van der Waals surface area contributed by atoms with E-state index < -0.39 is 31.0 Å². The van der Waals surface area contributed by atoms with Gasteiger partial charge in [0.25, 0.3) is 11.8 Å². The lowest BCUT2D eigenvalue weighted by atomic mass is 10.2. The molecule has 2 aromatic rings. The minimum atomic E-state index is -0.757. The summed E-state index contributed by atoms with van der Waals surface area (Å²) < 4.78 is 10.1. The maximum absolute atomic E-state index is 11.8. The van der Waals surface area contributed by atoms with E-state index in [0.29, 0.717) is 10.7 Å². The number of amides is 2. The van der Waals surface area contributed by atoms with E-state index >= 15 is 0 Å². The number of nitrogens with one attached hydrogen (secondary N) is 1. The third-order valence-corrected chi connectivity index (χ3v) is 3.56. The van der Waals surface area contributed by atoms with Crippen LogP contribution in [0.5, 0.6) is 5.75 Å². The zero-order chi connectivity index (χ0) is 19.1. The first-order valence-electron chi connectivity index (χ1n) is 7.60. The van der Waals surface area contributed by atoms with Gasteiger partial charge in [-0.25, -0.2) is 4.79 Å². The van der Waals surface area contributed by atoms with Gasteiger partial charge in [-0.3, -0.25) is 9.59 Å². The molecule has 0 fully saturated rings. The van der Waals surface area contributed by atoms with Gasteiger partial charge in [-0.05, 0) is 42.8 Å². The number of halogens is 1. The van der Waals surface area contributed by atoms with Crippen LogP contribution in [0, 0.1) is 6.92 Å². The number of nitrogens with two attached hydrogens (primary N) is 1. The molecule has 0 aliphatic carbocycles. The summed E-state index contributed by atoms with van der Waals surface area (Å²) in [6.07, 6.45) is 0. The van der Waals surface area contributed by atoms with Crippen LogP contribution in [-0.4, -0.2) is 31.0 Å². The van der Waals surface area contributed by atoms with Crippen LogP contribution < -0.4 is 15.8 Å². The molecule has 8 heteroatoms. The maximum Gasteiger partial charge on any atom is 0.344 e. The van der Waals surface area contributed by atoms with Gasteiger partial charge < -0.3 is 20.5 Å². The van der Waals surface area contributed by atoms with Crippen molar-refractivity contribution in [2.24, 2.45) is 5.73 Å². The molecule has 2 aromatic carbocycles. The van der Waals surface area contributed by atoms with E-state index in [1.54, 1.807) is 37.3 Å². The standard InChI is InChI=1S/C18H17ClN2O5/c1-11-8-12(19)6-7-14(11)21-16(22)9-26-17(23)10-25-15-5-3-2-4-13(15)18(20)24/h2-8H,9-10H2,1H3,(H2,20,24)(H,21,22). The van der Waals surface area contributed by atoms with Crippen LogP contribution in [0.3, 0.4) is 0 Å². The van der Waals surface area contributed by atoms with Crippen LogP contribution in [0.1, 0.15) is 15.9 Å². The van der Waals surface area contributed by atoms with E-state index in [-0.39, 0.29) is 11.3 Å². The van der Waals surface area contributed by atoms with E-state index in [9.17, 15) is 14.4 Å². The Morgan fingerprint density at radius 1 is 1.12 bits per heavy atom. The second-order valence-electron chi connectivity index (χ2n) is 5.32. The third-order valence-electron chi connectivity index (χ3n) is 3.32. The van der Waals surface area contributed by atoms with Crippen molar-refractivity contribution in [2.45, 2.75) is 6.92 Å². The molecule has 26 heavy (non-hydrogen) atoms. The second kappa shape index (κ2) is 8.87. The fourth-order valence-corrected chi connectivity index (χ4v) is 2.30. The zero-order valence-electron chi connectivity index (χ0n) is 14.0. The maximum atomic E-state index is 11.8. The van der Waals surface area contributed by atoms with Crippen molar-refractivity contribution in [3.8, 4) is 5.75 Å². The van der Waals surface area contributed by atoms with E-state index in [1.807, 2.05) is 0 Å². The molecular formula is C18H17ClN2O5. The minimum absolute atomic E-state index is 0.149. The van der Waals surface area contributed by atoms with E-state index in [4.69, 9.17) is 26.8 Å². The van der Waals surface area contributed by atoms with Gasteiger partial charge in [0.1, 0.15) is 5.75 Å². The summed E-state index contributed by atoms with van der Waals surface area (Å²) in [5.41, 5.74) is 6.72. The summed E-state index contributed by atoms with van der Waals surface area (Å²) in [6.45, 7) is 0.858. The molecule has 0 aliphatic rings. The Kier molecular flexibility index (Phi) is 6.57. The SMILES string of the molecule is Cc1cc(Cl)ccc1NC(=O)COC(=O)COc1ccccc1C(N)=O. The molecule has 2 amide bonds. The molecule has 0 atom stereocenters. The van der Waals surface area contributed by atoms with E-state index in [1.165, 1.54) is 12.1 Å². The molecule has 0 radical (unpaired) electrons. The molecule has 0 unspecified atom stereocenters. The van der Waals surface area contributed by atoms with Crippen LogP contribution in [-0.2, 0) is 14.3 Å². The summed E-state index contributed by atoms with van der Waals surface area (Å²) in [6, 6.07) is 11.2. The fourth-order valence-electron chi connectivity index (χ4n) is 2.07. The first-order chi connectivity index (χ1) is 12.4. The summed E-state index contributed by atoms with van der Waals surface area (Å²) in [7, 11) is 0. The van der Waals surface area contributed by atoms with Crippen LogP contribution in [0.4, 0.5) is 5.69 Å². The van der Waals surface area contributed by atoms with Gasteiger partial charge in [-0.15, -0.1) is 0 Å². The largest absolute Gasteiger partial charge is 0.481 e. The number of esters is 1. The summed E-state index contributed by atoms with van der Waals surface area (Å²) in [5.74, 6) is -1.77. The van der Waals surface area contributed by atoms with Crippen molar-refractivity contribution >= 4 is 35.1 Å². The lowest BCUT2D eigenvalue weighted by Gasteiger charge is -2.10. The molecule has 0 saturated heterocycles. The van der Waals surface area contributed by atoms with Crippen molar-refractivity contribution < 1.29 is 23.9 Å². The van der Waals surface area contributed by atoms with Gasteiger partial charge in [0.15, 0.2) is 13.2 Å². The Morgan fingerprint density at radius 3 is 2.54 bits per heavy atom. The zero-order valence-corrected chi connectivity index (χ0v) is 14.7. The number of anilines is 1. The van der Waals surface area contributed by atoms with Crippen molar-refractivity contribution in [1.29, 1.82) is 0 Å². The number of carbonyl (C=O) groups is 3. The van der Waals surface area contributed by atoms with Gasteiger partial charge in [0, 0.05) is 10.7 Å². The number of aryl methyl sites for hydroxylation is 1. The quantitative estimate of drug-likeness (QED) is 0.721. The number of carbonyl (C=O) groups excluding carboxylic acids is 3. The predicted molar refractivity (Wildman–Crippen MR) is 96.2 cm³/mol. The van der Waals surface area contributed by atoms with Crippen LogP contribution in [0.15, 0.2) is 42.5 Å². The molecule has 0 aromatic heterocycles. The summed E-state index contributed by atoms with van der Waals surface area (Å²) in [4.78, 5) is 34.8. The van der Waals surface area contributed by atoms with Crippen molar-refractivity contribution in [1.82, 2.24) is 0 Å². The number of hydrogen-bond donors (Lipinski definition) is 2. The predicted octanol–water partition coefficient (Wildman–Crippen LogP) is 2.31. The summed E-state index contributed by atoms with van der Waals surface area (Å²) >= 11 is 5.85. The van der Waals surface area contributed by atoms with Gasteiger partial charge in [0.05, 0.1) is 5.56 Å². The number of hydrogen-bond acceptors (Lipinski definition) is 5. The van der Waals surface area contributed by atoms with Crippen molar-refractivity contribution in [3.05, 3.63) is 58.6 Å². The Morgan fingerprint density at radius 2 is 1.85 bits per heavy atom. The molecule has 3 N–H and O–H groups in total. The number of primary amides is 1. The van der Waals surface area contributed by atoms with Gasteiger partial charge in [-0.1, -0.05) is 23.7 Å². The number of para-hydroxylation sites is 1. The van der Waals surface area contributed by atoms with E-state index in [2.05, 4.69) is 5.32 Å². The van der Waals surface area contributed by atoms with Crippen molar-refractivity contribution in [2.75, 3.05) is 18.5 Å². The fraction of sp³-hybridized carbons (Fsp3) is 0.167. The third kappa shape index (κ3) is 5.49. The summed E-state index contributed by atoms with van der Waals surface area (Å²) in [5, 5.41) is 3.17.